The molecule has 1 aromatic heterocycles. The zero-order valence-corrected chi connectivity index (χ0v) is 14.1. The van der Waals surface area contributed by atoms with E-state index < -0.39 is 11.7 Å². The lowest BCUT2D eigenvalue weighted by molar-refractivity contribution is 0.0469. The average Bonchev–Trinajstić information content (AvgIpc) is 3.06. The van der Waals surface area contributed by atoms with Gasteiger partial charge in [0, 0.05) is 29.1 Å². The molecular weight excluding hydrogens is 344 g/mol. The van der Waals surface area contributed by atoms with Gasteiger partial charge in [0.15, 0.2) is 0 Å². The van der Waals surface area contributed by atoms with E-state index in [2.05, 4.69) is 22.3 Å². The maximum Gasteiger partial charge on any atom is 0.415 e. The molecule has 6 nitrogen and oxygen atoms in total. The molecule has 2 atom stereocenters. The lowest BCUT2D eigenvalue weighted by Crippen LogP contribution is -2.46. The van der Waals surface area contributed by atoms with Gasteiger partial charge in [0.05, 0.1) is 6.20 Å². The minimum atomic E-state index is -1.16. The van der Waals surface area contributed by atoms with Crippen molar-refractivity contribution in [2.24, 2.45) is 0 Å². The Bertz CT molecular complexity index is 797. The van der Waals surface area contributed by atoms with E-state index in [-0.39, 0.29) is 12.0 Å². The molecular formula is C18H17ClN2O4. The number of hydrogen-bond acceptors (Lipinski definition) is 5. The van der Waals surface area contributed by atoms with Crippen LogP contribution in [0.25, 0.3) is 0 Å². The SMILES string of the molecule is O=C(N[C@H]1CCC[C@@](O)(C#Cc2cccc(Cl)c2)C1)Oc1ccno1. The number of aromatic nitrogens is 1. The third-order valence-electron chi connectivity index (χ3n) is 3.92. The maximum atomic E-state index is 11.9. The molecule has 0 radical (unpaired) electrons. The van der Waals surface area contributed by atoms with Crippen LogP contribution in [0, 0.1) is 11.8 Å². The van der Waals surface area contributed by atoms with Crippen molar-refractivity contribution in [2.45, 2.75) is 37.3 Å². The Morgan fingerprint density at radius 3 is 3.12 bits per heavy atom. The molecule has 1 saturated carbocycles. The van der Waals surface area contributed by atoms with Gasteiger partial charge in [-0.15, -0.1) is 0 Å². The van der Waals surface area contributed by atoms with Crippen LogP contribution in [0.3, 0.4) is 0 Å². The van der Waals surface area contributed by atoms with Gasteiger partial charge in [-0.3, -0.25) is 0 Å². The lowest BCUT2D eigenvalue weighted by atomic mass is 9.82. The first-order chi connectivity index (χ1) is 12.0. The third kappa shape index (κ3) is 4.99. The quantitative estimate of drug-likeness (QED) is 0.804. The Hall–Kier alpha value is -2.49. The van der Waals surface area contributed by atoms with Gasteiger partial charge in [-0.05, 0) is 37.5 Å². The Morgan fingerprint density at radius 2 is 2.36 bits per heavy atom. The van der Waals surface area contributed by atoms with E-state index in [4.69, 9.17) is 20.9 Å². The van der Waals surface area contributed by atoms with E-state index in [1.165, 1.54) is 12.3 Å². The summed E-state index contributed by atoms with van der Waals surface area (Å²) in [6, 6.07) is 8.35. The molecule has 0 saturated heterocycles. The highest BCUT2D eigenvalue weighted by Gasteiger charge is 2.34. The second-order valence-corrected chi connectivity index (χ2v) is 6.39. The second kappa shape index (κ2) is 7.60. The highest BCUT2D eigenvalue weighted by Crippen LogP contribution is 2.28. The summed E-state index contributed by atoms with van der Waals surface area (Å²) in [6.45, 7) is 0. The number of carbonyl (C=O) groups is 1. The van der Waals surface area contributed by atoms with Gasteiger partial charge < -0.3 is 19.7 Å². The molecule has 25 heavy (non-hydrogen) atoms. The van der Waals surface area contributed by atoms with Gasteiger partial charge >= 0.3 is 12.0 Å². The molecule has 1 aliphatic rings. The number of benzene rings is 1. The van der Waals surface area contributed by atoms with E-state index in [0.29, 0.717) is 17.9 Å². The molecule has 0 unspecified atom stereocenters. The predicted molar refractivity (Wildman–Crippen MR) is 91.2 cm³/mol. The summed E-state index contributed by atoms with van der Waals surface area (Å²) in [5, 5.41) is 17.5. The molecule has 1 amide bonds. The summed E-state index contributed by atoms with van der Waals surface area (Å²) in [5.41, 5.74) is -0.425. The number of aliphatic hydroxyl groups is 1. The first-order valence-corrected chi connectivity index (χ1v) is 8.30. The number of hydrogen-bond donors (Lipinski definition) is 2. The zero-order chi connectivity index (χ0) is 17.7. The molecule has 2 N–H and O–H groups in total. The molecule has 3 rings (SSSR count). The summed E-state index contributed by atoms with van der Waals surface area (Å²) in [5.74, 6) is 5.89. The Morgan fingerprint density at radius 1 is 1.48 bits per heavy atom. The lowest BCUT2D eigenvalue weighted by Gasteiger charge is -2.33. The topological polar surface area (TPSA) is 84.6 Å². The number of carbonyl (C=O) groups excluding carboxylic acids is 1. The van der Waals surface area contributed by atoms with E-state index in [1.54, 1.807) is 18.2 Å². The largest absolute Gasteiger partial charge is 0.415 e. The van der Waals surface area contributed by atoms with Gasteiger partial charge in [-0.2, -0.15) is 0 Å². The number of rotatable bonds is 2. The van der Waals surface area contributed by atoms with Gasteiger partial charge in [0.1, 0.15) is 5.60 Å². The van der Waals surface area contributed by atoms with Crippen LogP contribution in [0.2, 0.25) is 5.02 Å². The fourth-order valence-corrected chi connectivity index (χ4v) is 2.98. The highest BCUT2D eigenvalue weighted by atomic mass is 35.5. The van der Waals surface area contributed by atoms with Crippen molar-refractivity contribution in [1.82, 2.24) is 10.5 Å². The molecule has 0 bridgehead atoms. The van der Waals surface area contributed by atoms with Crippen LogP contribution in [0.5, 0.6) is 5.95 Å². The standard InChI is InChI=1S/C18H17ClN2O4/c19-14-4-1-3-13(11-14)6-9-18(23)8-2-5-15(12-18)21-17(22)24-16-7-10-20-25-16/h1,3-4,7,10-11,15,23H,2,5,8,12H2,(H,21,22)/t15-,18+/m0/s1. The smallest absolute Gasteiger partial charge is 0.378 e. The highest BCUT2D eigenvalue weighted by molar-refractivity contribution is 6.30. The summed E-state index contributed by atoms with van der Waals surface area (Å²) in [6.07, 6.45) is 3.10. The molecule has 1 aliphatic carbocycles. The van der Waals surface area contributed by atoms with E-state index >= 15 is 0 Å². The van der Waals surface area contributed by atoms with Crippen LogP contribution in [0.1, 0.15) is 31.2 Å². The Kier molecular flexibility index (Phi) is 5.27. The molecule has 2 aromatic rings. The van der Waals surface area contributed by atoms with Crippen molar-refractivity contribution in [3.8, 4) is 17.8 Å². The van der Waals surface area contributed by atoms with E-state index in [0.717, 1.165) is 18.4 Å². The summed E-state index contributed by atoms with van der Waals surface area (Å²) < 4.78 is 9.67. The Balaban J connectivity index is 1.61. The fourth-order valence-electron chi connectivity index (χ4n) is 2.79. The summed E-state index contributed by atoms with van der Waals surface area (Å²) in [7, 11) is 0. The van der Waals surface area contributed by atoms with Crippen molar-refractivity contribution in [1.29, 1.82) is 0 Å². The molecule has 7 heteroatoms. The maximum absolute atomic E-state index is 11.9. The van der Waals surface area contributed by atoms with Gasteiger partial charge in [0.25, 0.3) is 0 Å². The monoisotopic (exact) mass is 360 g/mol. The summed E-state index contributed by atoms with van der Waals surface area (Å²) >= 11 is 5.94. The van der Waals surface area contributed by atoms with Crippen molar-refractivity contribution in [3.05, 3.63) is 47.1 Å². The van der Waals surface area contributed by atoms with Crippen molar-refractivity contribution in [2.75, 3.05) is 0 Å². The van der Waals surface area contributed by atoms with Gasteiger partial charge in [0.2, 0.25) is 0 Å². The molecule has 0 spiro atoms. The molecule has 1 aromatic carbocycles. The van der Waals surface area contributed by atoms with Crippen molar-refractivity contribution < 1.29 is 19.2 Å². The number of halogens is 1. The fraction of sp³-hybridized carbons (Fsp3) is 0.333. The van der Waals surface area contributed by atoms with E-state index in [9.17, 15) is 9.90 Å². The number of nitrogens with zero attached hydrogens (tertiary/aromatic N) is 1. The van der Waals surface area contributed by atoms with Crippen LogP contribution >= 0.6 is 11.6 Å². The normalized spacial score (nSPS) is 22.6. The van der Waals surface area contributed by atoms with Crippen LogP contribution < -0.4 is 10.1 Å². The molecule has 1 fully saturated rings. The Labute approximate surface area is 150 Å². The second-order valence-electron chi connectivity index (χ2n) is 5.95. The molecule has 1 heterocycles. The minimum Gasteiger partial charge on any atom is -0.378 e. The first-order valence-electron chi connectivity index (χ1n) is 7.93. The van der Waals surface area contributed by atoms with Crippen LogP contribution in [0.4, 0.5) is 4.79 Å². The minimum absolute atomic E-state index is 0.0179. The molecule has 130 valence electrons. The summed E-state index contributed by atoms with van der Waals surface area (Å²) in [4.78, 5) is 11.9. The van der Waals surface area contributed by atoms with Gasteiger partial charge in [-0.25, -0.2) is 4.79 Å². The number of ether oxygens (including phenoxy) is 1. The van der Waals surface area contributed by atoms with Gasteiger partial charge in [-0.1, -0.05) is 34.7 Å². The van der Waals surface area contributed by atoms with Crippen LogP contribution in [-0.4, -0.2) is 28.0 Å². The molecule has 0 aliphatic heterocycles. The van der Waals surface area contributed by atoms with Crippen LogP contribution in [-0.2, 0) is 0 Å². The number of nitrogens with one attached hydrogen (secondary N) is 1. The zero-order valence-electron chi connectivity index (χ0n) is 13.4. The van der Waals surface area contributed by atoms with Crippen molar-refractivity contribution >= 4 is 17.7 Å². The average molecular weight is 361 g/mol. The predicted octanol–water partition coefficient (Wildman–Crippen LogP) is 3.14. The first kappa shape index (κ1) is 17.3. The number of amides is 1. The van der Waals surface area contributed by atoms with Crippen LogP contribution in [0.15, 0.2) is 41.1 Å². The van der Waals surface area contributed by atoms with E-state index in [1.807, 2.05) is 6.07 Å². The van der Waals surface area contributed by atoms with Crippen molar-refractivity contribution in [3.63, 3.8) is 0 Å². The third-order valence-corrected chi connectivity index (χ3v) is 4.16.